The van der Waals surface area contributed by atoms with Gasteiger partial charge in [-0.15, -0.1) is 11.3 Å². The van der Waals surface area contributed by atoms with Crippen LogP contribution in [0.2, 0.25) is 0 Å². The second-order valence-corrected chi connectivity index (χ2v) is 7.17. The van der Waals surface area contributed by atoms with Crippen molar-refractivity contribution in [1.29, 1.82) is 0 Å². The molecule has 0 bridgehead atoms. The summed E-state index contributed by atoms with van der Waals surface area (Å²) in [6, 6.07) is 5.94. The van der Waals surface area contributed by atoms with Gasteiger partial charge in [0, 0.05) is 4.88 Å². The van der Waals surface area contributed by atoms with E-state index in [1.807, 2.05) is 0 Å². The molecule has 0 saturated carbocycles. The maximum absolute atomic E-state index is 13.6. The van der Waals surface area contributed by atoms with Gasteiger partial charge in [-0.05, 0) is 37.3 Å². The van der Waals surface area contributed by atoms with Crippen molar-refractivity contribution < 1.29 is 22.7 Å². The van der Waals surface area contributed by atoms with E-state index < -0.39 is 27.5 Å². The number of carbonyl (C=O) groups is 1. The topological polar surface area (TPSA) is 83.5 Å². The van der Waals surface area contributed by atoms with E-state index in [9.17, 15) is 17.6 Å². The third-order valence-corrected chi connectivity index (χ3v) is 5.30. The number of carboxylic acids is 1. The minimum Gasteiger partial charge on any atom is -0.478 e. The lowest BCUT2D eigenvalue weighted by Gasteiger charge is -2.08. The second kappa shape index (κ2) is 5.22. The van der Waals surface area contributed by atoms with Gasteiger partial charge in [-0.3, -0.25) is 4.72 Å². The van der Waals surface area contributed by atoms with Crippen molar-refractivity contribution in [3.63, 3.8) is 0 Å². The monoisotopic (exact) mass is 315 g/mol. The highest BCUT2D eigenvalue weighted by atomic mass is 32.2. The molecule has 2 aromatic rings. The molecule has 0 aliphatic heterocycles. The van der Waals surface area contributed by atoms with E-state index in [1.54, 1.807) is 13.0 Å². The Morgan fingerprint density at radius 3 is 2.55 bits per heavy atom. The highest BCUT2D eigenvalue weighted by Gasteiger charge is 2.19. The van der Waals surface area contributed by atoms with Gasteiger partial charge in [-0.25, -0.2) is 17.6 Å². The standard InChI is InChI=1S/C12H10FNO4S2/c1-7-2-5-11(19-7)20(17,18)14-10-6-8(12(15)16)3-4-9(10)13/h2-6,14H,1H3,(H,15,16). The molecule has 0 atom stereocenters. The van der Waals surface area contributed by atoms with Crippen molar-refractivity contribution in [2.24, 2.45) is 0 Å². The molecule has 0 spiro atoms. The van der Waals surface area contributed by atoms with Gasteiger partial charge >= 0.3 is 5.97 Å². The van der Waals surface area contributed by atoms with Crippen LogP contribution < -0.4 is 4.72 Å². The van der Waals surface area contributed by atoms with Gasteiger partial charge in [-0.2, -0.15) is 0 Å². The van der Waals surface area contributed by atoms with Crippen LogP contribution in [0.3, 0.4) is 0 Å². The fourth-order valence-electron chi connectivity index (χ4n) is 1.49. The molecule has 1 aromatic heterocycles. The summed E-state index contributed by atoms with van der Waals surface area (Å²) >= 11 is 1.04. The van der Waals surface area contributed by atoms with Crippen molar-refractivity contribution in [2.75, 3.05) is 4.72 Å². The Labute approximate surface area is 118 Å². The molecule has 1 heterocycles. The maximum atomic E-state index is 13.6. The van der Waals surface area contributed by atoms with Gasteiger partial charge < -0.3 is 5.11 Å². The highest BCUT2D eigenvalue weighted by Crippen LogP contribution is 2.25. The second-order valence-electron chi connectivity index (χ2n) is 3.97. The number of nitrogens with one attached hydrogen (secondary N) is 1. The van der Waals surface area contributed by atoms with Crippen LogP contribution in [0.25, 0.3) is 0 Å². The number of thiophene rings is 1. The molecule has 2 N–H and O–H groups in total. The smallest absolute Gasteiger partial charge is 0.335 e. The molecule has 0 unspecified atom stereocenters. The zero-order valence-electron chi connectivity index (χ0n) is 10.3. The quantitative estimate of drug-likeness (QED) is 0.908. The first kappa shape index (κ1) is 14.5. The third-order valence-electron chi connectivity index (χ3n) is 2.44. The average molecular weight is 315 g/mol. The first-order valence-corrected chi connectivity index (χ1v) is 7.71. The van der Waals surface area contributed by atoms with Crippen molar-refractivity contribution in [1.82, 2.24) is 0 Å². The average Bonchev–Trinajstić information content (AvgIpc) is 2.79. The summed E-state index contributed by atoms with van der Waals surface area (Å²) in [5, 5.41) is 8.82. The van der Waals surface area contributed by atoms with Crippen LogP contribution in [0.1, 0.15) is 15.2 Å². The Morgan fingerprint density at radius 2 is 2.00 bits per heavy atom. The van der Waals surface area contributed by atoms with Crippen LogP contribution in [0.4, 0.5) is 10.1 Å². The summed E-state index contributed by atoms with van der Waals surface area (Å²) in [5.41, 5.74) is -0.595. The molecule has 1 aromatic carbocycles. The molecule has 106 valence electrons. The highest BCUT2D eigenvalue weighted by molar-refractivity contribution is 7.94. The maximum Gasteiger partial charge on any atom is 0.335 e. The lowest BCUT2D eigenvalue weighted by molar-refractivity contribution is 0.0697. The number of hydrogen-bond acceptors (Lipinski definition) is 4. The summed E-state index contributed by atoms with van der Waals surface area (Å²) in [4.78, 5) is 11.6. The summed E-state index contributed by atoms with van der Waals surface area (Å²) in [7, 11) is -3.92. The number of benzene rings is 1. The molecular formula is C12H10FNO4S2. The number of aromatic carboxylic acids is 1. The van der Waals surface area contributed by atoms with Gasteiger partial charge in [0.2, 0.25) is 0 Å². The Morgan fingerprint density at radius 1 is 1.30 bits per heavy atom. The molecule has 0 radical (unpaired) electrons. The normalized spacial score (nSPS) is 11.3. The van der Waals surface area contributed by atoms with Crippen LogP contribution in [0.5, 0.6) is 0 Å². The van der Waals surface area contributed by atoms with E-state index in [4.69, 9.17) is 5.11 Å². The zero-order chi connectivity index (χ0) is 14.9. The SMILES string of the molecule is Cc1ccc(S(=O)(=O)Nc2cc(C(=O)O)ccc2F)s1. The molecule has 2 rings (SSSR count). The van der Waals surface area contributed by atoms with Gasteiger partial charge in [0.15, 0.2) is 0 Å². The van der Waals surface area contributed by atoms with Gasteiger partial charge in [-0.1, -0.05) is 0 Å². The predicted octanol–water partition coefficient (Wildman–Crippen LogP) is 2.69. The van der Waals surface area contributed by atoms with E-state index >= 15 is 0 Å². The number of carboxylic acid groups (broad SMARTS) is 1. The zero-order valence-corrected chi connectivity index (χ0v) is 11.9. The summed E-state index contributed by atoms with van der Waals surface area (Å²) < 4.78 is 39.7. The first-order chi connectivity index (χ1) is 9.29. The Bertz CT molecular complexity index is 768. The molecule has 0 fully saturated rings. The van der Waals surface area contributed by atoms with Gasteiger partial charge in [0.1, 0.15) is 10.0 Å². The number of aryl methyl sites for hydroxylation is 1. The molecule has 0 aliphatic carbocycles. The lowest BCUT2D eigenvalue weighted by atomic mass is 10.2. The van der Waals surface area contributed by atoms with Crippen LogP contribution in [0, 0.1) is 12.7 Å². The first-order valence-electron chi connectivity index (χ1n) is 5.42. The summed E-state index contributed by atoms with van der Waals surface area (Å²) in [5.74, 6) is -2.11. The number of hydrogen-bond donors (Lipinski definition) is 2. The van der Waals surface area contributed by atoms with Crippen molar-refractivity contribution in [3.8, 4) is 0 Å². The van der Waals surface area contributed by atoms with E-state index in [1.165, 1.54) is 6.07 Å². The molecule has 0 saturated heterocycles. The lowest BCUT2D eigenvalue weighted by Crippen LogP contribution is -2.13. The van der Waals surface area contributed by atoms with Crippen LogP contribution in [0.15, 0.2) is 34.5 Å². The van der Waals surface area contributed by atoms with Gasteiger partial charge in [0.25, 0.3) is 10.0 Å². The van der Waals surface area contributed by atoms with Crippen molar-refractivity contribution >= 4 is 33.0 Å². The molecule has 0 aliphatic rings. The molecular weight excluding hydrogens is 305 g/mol. The van der Waals surface area contributed by atoms with Gasteiger partial charge in [0.05, 0.1) is 11.3 Å². The van der Waals surface area contributed by atoms with Crippen LogP contribution in [-0.2, 0) is 10.0 Å². The van der Waals surface area contributed by atoms with Crippen molar-refractivity contribution in [2.45, 2.75) is 11.1 Å². The van der Waals surface area contributed by atoms with Crippen molar-refractivity contribution in [3.05, 3.63) is 46.6 Å². The van der Waals surface area contributed by atoms with E-state index in [0.717, 1.165) is 34.4 Å². The number of rotatable bonds is 4. The van der Waals surface area contributed by atoms with E-state index in [0.29, 0.717) is 0 Å². The Balaban J connectivity index is 2.39. The minimum atomic E-state index is -3.92. The van der Waals surface area contributed by atoms with Crippen LogP contribution >= 0.6 is 11.3 Å². The van der Waals surface area contributed by atoms with Crippen LogP contribution in [-0.4, -0.2) is 19.5 Å². The number of anilines is 1. The Kier molecular flexibility index (Phi) is 3.78. The summed E-state index contributed by atoms with van der Waals surface area (Å²) in [6.07, 6.45) is 0. The predicted molar refractivity (Wildman–Crippen MR) is 73.2 cm³/mol. The molecule has 20 heavy (non-hydrogen) atoms. The fraction of sp³-hybridized carbons (Fsp3) is 0.0833. The molecule has 8 heteroatoms. The molecule has 5 nitrogen and oxygen atoms in total. The van der Waals surface area contributed by atoms with E-state index in [2.05, 4.69) is 4.72 Å². The fourth-order valence-corrected chi connectivity index (χ4v) is 3.83. The van der Waals surface area contributed by atoms with E-state index in [-0.39, 0.29) is 9.77 Å². The summed E-state index contributed by atoms with van der Waals surface area (Å²) in [6.45, 7) is 1.75. The minimum absolute atomic E-state index is 0.0372. The third kappa shape index (κ3) is 2.97. The largest absolute Gasteiger partial charge is 0.478 e. The molecule has 0 amide bonds. The number of halogens is 1. The number of sulfonamides is 1. The Hall–Kier alpha value is -1.93.